The smallest absolute Gasteiger partial charge is 0.269 e. The van der Waals surface area contributed by atoms with Gasteiger partial charge < -0.3 is 15.7 Å². The molecule has 6 nitrogen and oxygen atoms in total. The zero-order chi connectivity index (χ0) is 13.7. The summed E-state index contributed by atoms with van der Waals surface area (Å²) in [6.07, 6.45) is 3.09. The molecule has 1 amide bonds. The number of aliphatic hydroxyl groups excluding tert-OH is 1. The van der Waals surface area contributed by atoms with E-state index in [0.717, 1.165) is 25.9 Å². The third-order valence-electron chi connectivity index (χ3n) is 3.50. The van der Waals surface area contributed by atoms with Gasteiger partial charge in [0.15, 0.2) is 0 Å². The minimum atomic E-state index is -0.380. The van der Waals surface area contributed by atoms with E-state index in [2.05, 4.69) is 22.7 Å². The van der Waals surface area contributed by atoms with Gasteiger partial charge in [-0.1, -0.05) is 6.92 Å². The summed E-state index contributed by atoms with van der Waals surface area (Å²) >= 11 is 0. The van der Waals surface area contributed by atoms with Gasteiger partial charge in [-0.05, 0) is 25.5 Å². The van der Waals surface area contributed by atoms with Crippen LogP contribution >= 0.6 is 0 Å². The van der Waals surface area contributed by atoms with Crippen molar-refractivity contribution in [3.63, 3.8) is 0 Å². The first-order chi connectivity index (χ1) is 9.22. The molecule has 19 heavy (non-hydrogen) atoms. The average Bonchev–Trinajstić information content (AvgIpc) is 2.86. The molecule has 0 saturated carbocycles. The van der Waals surface area contributed by atoms with Gasteiger partial charge in [0.05, 0.1) is 6.10 Å². The summed E-state index contributed by atoms with van der Waals surface area (Å²) in [7, 11) is 0. The van der Waals surface area contributed by atoms with Crippen molar-refractivity contribution in [1.82, 2.24) is 20.4 Å². The Kier molecular flexibility index (Phi) is 4.93. The number of carbonyl (C=O) groups excluding carboxylic acids is 1. The highest BCUT2D eigenvalue weighted by Crippen LogP contribution is 2.11. The molecule has 0 radical (unpaired) electrons. The van der Waals surface area contributed by atoms with Gasteiger partial charge in [0.25, 0.3) is 5.91 Å². The SMILES string of the molecule is CCCn1nccc1C(=O)NC[C@@H]1CCNC[C@H]1O. The fraction of sp³-hybridized carbons (Fsp3) is 0.692. The molecule has 1 aliphatic rings. The summed E-state index contributed by atoms with van der Waals surface area (Å²) in [6, 6.07) is 1.73. The zero-order valence-corrected chi connectivity index (χ0v) is 11.3. The number of β-amino-alcohol motifs (C(OH)–C–C–N with tert-alkyl or cyclic N) is 1. The summed E-state index contributed by atoms with van der Waals surface area (Å²) in [5.41, 5.74) is 0.588. The standard InChI is InChI=1S/C13H22N4O2/c1-2-7-17-11(4-6-16-17)13(19)15-8-10-3-5-14-9-12(10)18/h4,6,10,12,14,18H,2-3,5,7-9H2,1H3,(H,15,19)/t10-,12+/m0/s1. The highest BCUT2D eigenvalue weighted by Gasteiger charge is 2.23. The molecule has 0 unspecified atom stereocenters. The lowest BCUT2D eigenvalue weighted by atomic mass is 9.95. The van der Waals surface area contributed by atoms with Crippen LogP contribution in [-0.2, 0) is 6.54 Å². The second kappa shape index (κ2) is 6.68. The number of nitrogens with one attached hydrogen (secondary N) is 2. The van der Waals surface area contributed by atoms with E-state index in [0.29, 0.717) is 18.8 Å². The molecule has 106 valence electrons. The number of hydrogen-bond acceptors (Lipinski definition) is 4. The van der Waals surface area contributed by atoms with Crippen LogP contribution in [0.3, 0.4) is 0 Å². The van der Waals surface area contributed by atoms with Gasteiger partial charge in [0.2, 0.25) is 0 Å². The van der Waals surface area contributed by atoms with E-state index < -0.39 is 0 Å². The number of piperidine rings is 1. The molecule has 2 atom stereocenters. The van der Waals surface area contributed by atoms with Crippen LogP contribution in [0, 0.1) is 5.92 Å². The Bertz CT molecular complexity index is 419. The number of rotatable bonds is 5. The quantitative estimate of drug-likeness (QED) is 0.700. The third-order valence-corrected chi connectivity index (χ3v) is 3.50. The maximum atomic E-state index is 12.1. The van der Waals surface area contributed by atoms with Gasteiger partial charge >= 0.3 is 0 Å². The van der Waals surface area contributed by atoms with E-state index in [9.17, 15) is 9.90 Å². The largest absolute Gasteiger partial charge is 0.391 e. The molecule has 1 aromatic heterocycles. The van der Waals surface area contributed by atoms with Gasteiger partial charge in [0.1, 0.15) is 5.69 Å². The number of aliphatic hydroxyl groups is 1. The van der Waals surface area contributed by atoms with Crippen LogP contribution < -0.4 is 10.6 Å². The number of nitrogens with zero attached hydrogens (tertiary/aromatic N) is 2. The molecule has 0 aliphatic carbocycles. The number of carbonyl (C=O) groups is 1. The molecule has 2 rings (SSSR count). The van der Waals surface area contributed by atoms with Crippen LogP contribution in [0.5, 0.6) is 0 Å². The Labute approximate surface area is 113 Å². The second-order valence-electron chi connectivity index (χ2n) is 4.97. The van der Waals surface area contributed by atoms with Crippen molar-refractivity contribution in [2.24, 2.45) is 5.92 Å². The van der Waals surface area contributed by atoms with Crippen molar-refractivity contribution in [1.29, 1.82) is 0 Å². The molecule has 1 saturated heterocycles. The maximum absolute atomic E-state index is 12.1. The Balaban J connectivity index is 1.88. The zero-order valence-electron chi connectivity index (χ0n) is 11.3. The Hall–Kier alpha value is -1.40. The van der Waals surface area contributed by atoms with E-state index in [1.165, 1.54) is 0 Å². The lowest BCUT2D eigenvalue weighted by Gasteiger charge is -2.28. The van der Waals surface area contributed by atoms with Gasteiger partial charge in [-0.3, -0.25) is 9.48 Å². The summed E-state index contributed by atoms with van der Waals surface area (Å²) in [6.45, 7) is 4.80. The first-order valence-corrected chi connectivity index (χ1v) is 6.91. The Morgan fingerprint density at radius 1 is 1.68 bits per heavy atom. The average molecular weight is 266 g/mol. The first-order valence-electron chi connectivity index (χ1n) is 6.91. The molecule has 0 bridgehead atoms. The summed E-state index contributed by atoms with van der Waals surface area (Å²) in [4.78, 5) is 12.1. The molecular formula is C13H22N4O2. The lowest BCUT2D eigenvalue weighted by Crippen LogP contribution is -2.45. The van der Waals surface area contributed by atoms with E-state index >= 15 is 0 Å². The van der Waals surface area contributed by atoms with Crippen molar-refractivity contribution >= 4 is 5.91 Å². The van der Waals surface area contributed by atoms with Crippen LogP contribution in [0.2, 0.25) is 0 Å². The van der Waals surface area contributed by atoms with Gasteiger partial charge in [-0.15, -0.1) is 0 Å². The predicted octanol–water partition coefficient (Wildman–Crippen LogP) is -0.00670. The molecule has 2 heterocycles. The van der Waals surface area contributed by atoms with Gasteiger partial charge in [-0.25, -0.2) is 0 Å². The van der Waals surface area contributed by atoms with Crippen molar-refractivity contribution < 1.29 is 9.90 Å². The van der Waals surface area contributed by atoms with Crippen molar-refractivity contribution in [2.45, 2.75) is 32.4 Å². The minimum Gasteiger partial charge on any atom is -0.391 e. The third kappa shape index (κ3) is 3.54. The Morgan fingerprint density at radius 2 is 2.53 bits per heavy atom. The molecule has 6 heteroatoms. The number of aromatic nitrogens is 2. The van der Waals surface area contributed by atoms with Gasteiger partial charge in [0, 0.05) is 31.7 Å². The number of amides is 1. The molecule has 1 fully saturated rings. The highest BCUT2D eigenvalue weighted by atomic mass is 16.3. The van der Waals surface area contributed by atoms with E-state index in [4.69, 9.17) is 0 Å². The normalized spacial score (nSPS) is 23.3. The molecule has 1 aromatic rings. The molecule has 0 aromatic carbocycles. The lowest BCUT2D eigenvalue weighted by molar-refractivity contribution is 0.0749. The monoisotopic (exact) mass is 266 g/mol. The molecule has 0 spiro atoms. The van der Waals surface area contributed by atoms with Crippen LogP contribution in [-0.4, -0.2) is 46.5 Å². The summed E-state index contributed by atoms with van der Waals surface area (Å²) < 4.78 is 1.72. The van der Waals surface area contributed by atoms with Gasteiger partial charge in [-0.2, -0.15) is 5.10 Å². The Morgan fingerprint density at radius 3 is 3.26 bits per heavy atom. The first kappa shape index (κ1) is 14.0. The van der Waals surface area contributed by atoms with Crippen molar-refractivity contribution in [2.75, 3.05) is 19.6 Å². The van der Waals surface area contributed by atoms with Crippen molar-refractivity contribution in [3.8, 4) is 0 Å². The highest BCUT2D eigenvalue weighted by molar-refractivity contribution is 5.92. The molecule has 1 aliphatic heterocycles. The molecular weight excluding hydrogens is 244 g/mol. The van der Waals surface area contributed by atoms with E-state index in [1.54, 1.807) is 16.9 Å². The fourth-order valence-corrected chi connectivity index (χ4v) is 2.36. The molecule has 3 N–H and O–H groups in total. The van der Waals surface area contributed by atoms with Crippen molar-refractivity contribution in [3.05, 3.63) is 18.0 Å². The van der Waals surface area contributed by atoms with Crippen LogP contribution in [0.25, 0.3) is 0 Å². The van der Waals surface area contributed by atoms with Crippen LogP contribution in [0.1, 0.15) is 30.3 Å². The minimum absolute atomic E-state index is 0.114. The topological polar surface area (TPSA) is 79.2 Å². The maximum Gasteiger partial charge on any atom is 0.269 e. The predicted molar refractivity (Wildman–Crippen MR) is 71.8 cm³/mol. The summed E-state index contributed by atoms with van der Waals surface area (Å²) in [5.74, 6) is 0.0180. The van der Waals surface area contributed by atoms with Crippen LogP contribution in [0.4, 0.5) is 0 Å². The van der Waals surface area contributed by atoms with E-state index in [1.807, 2.05) is 0 Å². The fourth-order valence-electron chi connectivity index (χ4n) is 2.36. The van der Waals surface area contributed by atoms with Crippen LogP contribution in [0.15, 0.2) is 12.3 Å². The summed E-state index contributed by atoms with van der Waals surface area (Å²) in [5, 5.41) is 20.0. The number of aryl methyl sites for hydroxylation is 1. The number of hydrogen-bond donors (Lipinski definition) is 3. The van der Waals surface area contributed by atoms with E-state index in [-0.39, 0.29) is 17.9 Å². The second-order valence-corrected chi connectivity index (χ2v) is 4.97.